The van der Waals surface area contributed by atoms with E-state index in [9.17, 15) is 13.2 Å². The van der Waals surface area contributed by atoms with Crippen LogP contribution in [0.5, 0.6) is 0 Å². The molecule has 2 aliphatic rings. The van der Waals surface area contributed by atoms with Crippen molar-refractivity contribution in [2.24, 2.45) is 5.92 Å². The second-order valence-corrected chi connectivity index (χ2v) is 9.89. The fourth-order valence-electron chi connectivity index (χ4n) is 4.34. The molecule has 1 N–H and O–H groups in total. The monoisotopic (exact) mass is 423 g/mol. The highest BCUT2D eigenvalue weighted by Gasteiger charge is 2.32. The molecule has 0 spiro atoms. The molecule has 0 radical (unpaired) electrons. The number of hydrogen-bond donors (Lipinski definition) is 1. The third kappa shape index (κ3) is 4.11. The summed E-state index contributed by atoms with van der Waals surface area (Å²) in [7, 11) is -3.61. The van der Waals surface area contributed by atoms with Crippen molar-refractivity contribution < 1.29 is 13.2 Å². The summed E-state index contributed by atoms with van der Waals surface area (Å²) >= 11 is 0. The van der Waals surface area contributed by atoms with E-state index in [2.05, 4.69) is 11.4 Å². The molecule has 6 nitrogen and oxygen atoms in total. The van der Waals surface area contributed by atoms with Crippen molar-refractivity contribution in [1.29, 1.82) is 5.26 Å². The Morgan fingerprint density at radius 1 is 1.03 bits per heavy atom. The lowest BCUT2D eigenvalue weighted by atomic mass is 9.90. The van der Waals surface area contributed by atoms with Crippen LogP contribution in [0.4, 0.5) is 5.69 Å². The van der Waals surface area contributed by atoms with Crippen LogP contribution in [0.2, 0.25) is 0 Å². The van der Waals surface area contributed by atoms with Crippen molar-refractivity contribution in [3.63, 3.8) is 0 Å². The maximum Gasteiger partial charge on any atom is 0.243 e. The number of piperidine rings is 1. The largest absolute Gasteiger partial charge is 0.326 e. The number of hydrogen-bond acceptors (Lipinski definition) is 4. The summed E-state index contributed by atoms with van der Waals surface area (Å²) in [6.45, 7) is 0.626. The first kappa shape index (κ1) is 20.6. The Bertz CT molecular complexity index is 1080. The second kappa shape index (κ2) is 8.58. The summed E-state index contributed by atoms with van der Waals surface area (Å²) in [4.78, 5) is 13.0. The molecule has 1 amide bonds. The molecule has 2 aromatic carbocycles. The predicted molar refractivity (Wildman–Crippen MR) is 114 cm³/mol. The smallest absolute Gasteiger partial charge is 0.243 e. The SMILES string of the molecule is N#Cc1ccc(S(=O)(=O)N2CCC(C(=O)Nc3cccc4c3CCCC4)CC2)cc1. The van der Waals surface area contributed by atoms with E-state index in [1.54, 1.807) is 0 Å². The maximum absolute atomic E-state index is 12.9. The molecule has 1 aliphatic carbocycles. The molecule has 30 heavy (non-hydrogen) atoms. The maximum atomic E-state index is 12.9. The van der Waals surface area contributed by atoms with Gasteiger partial charge in [0.25, 0.3) is 0 Å². The highest BCUT2D eigenvalue weighted by atomic mass is 32.2. The molecule has 1 fully saturated rings. The van der Waals surface area contributed by atoms with Gasteiger partial charge < -0.3 is 5.32 Å². The van der Waals surface area contributed by atoms with Gasteiger partial charge in [-0.15, -0.1) is 0 Å². The first-order chi connectivity index (χ1) is 14.5. The Morgan fingerprint density at radius 2 is 1.73 bits per heavy atom. The van der Waals surface area contributed by atoms with Crippen molar-refractivity contribution in [3.05, 3.63) is 59.2 Å². The number of nitriles is 1. The first-order valence-corrected chi connectivity index (χ1v) is 11.8. The number of amides is 1. The van der Waals surface area contributed by atoms with Gasteiger partial charge in [0.2, 0.25) is 15.9 Å². The normalized spacial score (nSPS) is 17.7. The van der Waals surface area contributed by atoms with Crippen LogP contribution in [0.1, 0.15) is 42.4 Å². The van der Waals surface area contributed by atoms with E-state index in [1.165, 1.54) is 46.1 Å². The van der Waals surface area contributed by atoms with E-state index < -0.39 is 10.0 Å². The van der Waals surface area contributed by atoms with Crippen LogP contribution >= 0.6 is 0 Å². The molecule has 2 aromatic rings. The molecule has 156 valence electrons. The number of nitrogens with one attached hydrogen (secondary N) is 1. The number of anilines is 1. The van der Waals surface area contributed by atoms with Gasteiger partial charge in [-0.25, -0.2) is 8.42 Å². The van der Waals surface area contributed by atoms with E-state index in [4.69, 9.17) is 5.26 Å². The Kier molecular flexibility index (Phi) is 5.89. The van der Waals surface area contributed by atoms with Gasteiger partial charge in [0, 0.05) is 24.7 Å². The zero-order valence-corrected chi connectivity index (χ0v) is 17.6. The van der Waals surface area contributed by atoms with Crippen LogP contribution < -0.4 is 5.32 Å². The summed E-state index contributed by atoms with van der Waals surface area (Å²) in [5, 5.41) is 12.0. The third-order valence-corrected chi connectivity index (χ3v) is 8.01. The lowest BCUT2D eigenvalue weighted by Crippen LogP contribution is -2.41. The van der Waals surface area contributed by atoms with Gasteiger partial charge in [0.1, 0.15) is 0 Å². The van der Waals surface area contributed by atoms with Gasteiger partial charge >= 0.3 is 0 Å². The van der Waals surface area contributed by atoms with Crippen LogP contribution in [0.25, 0.3) is 0 Å². The number of nitrogens with zero attached hydrogens (tertiary/aromatic N) is 2. The van der Waals surface area contributed by atoms with Crippen molar-refractivity contribution >= 4 is 21.6 Å². The first-order valence-electron chi connectivity index (χ1n) is 10.4. The fraction of sp³-hybridized carbons (Fsp3) is 0.391. The minimum absolute atomic E-state index is 0.0237. The Hall–Kier alpha value is -2.69. The molecule has 1 saturated heterocycles. The fourth-order valence-corrected chi connectivity index (χ4v) is 5.81. The summed E-state index contributed by atoms with van der Waals surface area (Å²) in [6, 6.07) is 14.0. The van der Waals surface area contributed by atoms with Gasteiger partial charge in [0.15, 0.2) is 0 Å². The predicted octanol–water partition coefficient (Wildman–Crippen LogP) is 3.48. The Labute approximate surface area is 177 Å². The zero-order chi connectivity index (χ0) is 21.1. The molecule has 1 aliphatic heterocycles. The van der Waals surface area contributed by atoms with Crippen molar-refractivity contribution in [1.82, 2.24) is 4.31 Å². The van der Waals surface area contributed by atoms with Crippen LogP contribution in [0.3, 0.4) is 0 Å². The van der Waals surface area contributed by atoms with E-state index in [1.807, 2.05) is 18.2 Å². The Balaban J connectivity index is 1.39. The minimum Gasteiger partial charge on any atom is -0.326 e. The van der Waals surface area contributed by atoms with Crippen LogP contribution in [-0.4, -0.2) is 31.7 Å². The quantitative estimate of drug-likeness (QED) is 0.815. The van der Waals surface area contributed by atoms with Crippen LogP contribution in [0, 0.1) is 17.2 Å². The van der Waals surface area contributed by atoms with E-state index >= 15 is 0 Å². The molecule has 0 saturated carbocycles. The topological polar surface area (TPSA) is 90.3 Å². The van der Waals surface area contributed by atoms with Crippen molar-refractivity contribution in [3.8, 4) is 6.07 Å². The third-order valence-electron chi connectivity index (χ3n) is 6.10. The number of benzene rings is 2. The van der Waals surface area contributed by atoms with Gasteiger partial charge in [-0.1, -0.05) is 12.1 Å². The zero-order valence-electron chi connectivity index (χ0n) is 16.8. The minimum atomic E-state index is -3.61. The number of fused-ring (bicyclic) bond motifs is 1. The van der Waals surface area contributed by atoms with E-state index in [0.717, 1.165) is 24.9 Å². The molecular formula is C23H25N3O3S. The highest BCUT2D eigenvalue weighted by molar-refractivity contribution is 7.89. The van der Waals surface area contributed by atoms with Crippen molar-refractivity contribution in [2.45, 2.75) is 43.4 Å². The van der Waals surface area contributed by atoms with E-state index in [0.29, 0.717) is 31.5 Å². The molecule has 4 rings (SSSR count). The summed E-state index contributed by atoms with van der Waals surface area (Å²) in [6.07, 6.45) is 5.38. The summed E-state index contributed by atoms with van der Waals surface area (Å²) in [5.74, 6) is -0.221. The number of sulfonamides is 1. The van der Waals surface area contributed by atoms with E-state index in [-0.39, 0.29) is 16.7 Å². The summed E-state index contributed by atoms with van der Waals surface area (Å²) in [5.41, 5.74) is 3.90. The standard InChI is InChI=1S/C23H25N3O3S/c24-16-17-8-10-20(11-9-17)30(28,29)26-14-12-19(13-15-26)23(27)25-22-7-3-5-18-4-1-2-6-21(18)22/h3,5,7-11,19H,1-2,4,6,12-15H2,(H,25,27). The lowest BCUT2D eigenvalue weighted by molar-refractivity contribution is -0.120. The molecular weight excluding hydrogens is 398 g/mol. The van der Waals surface area contributed by atoms with Gasteiger partial charge in [-0.2, -0.15) is 9.57 Å². The molecule has 1 heterocycles. The molecule has 0 bridgehead atoms. The second-order valence-electron chi connectivity index (χ2n) is 7.95. The Morgan fingerprint density at radius 3 is 2.43 bits per heavy atom. The van der Waals surface area contributed by atoms with Crippen molar-refractivity contribution in [2.75, 3.05) is 18.4 Å². The average Bonchev–Trinajstić information content (AvgIpc) is 2.79. The van der Waals surface area contributed by atoms with Gasteiger partial charge in [-0.05, 0) is 80.0 Å². The number of aryl methyl sites for hydroxylation is 1. The molecule has 7 heteroatoms. The van der Waals surface area contributed by atoms with Crippen LogP contribution in [-0.2, 0) is 27.7 Å². The summed E-state index contributed by atoms with van der Waals surface area (Å²) < 4.78 is 27.1. The average molecular weight is 424 g/mol. The number of carbonyl (C=O) groups excluding carboxylic acids is 1. The molecule has 0 unspecified atom stereocenters. The van der Waals surface area contributed by atoms with Gasteiger partial charge in [0.05, 0.1) is 16.5 Å². The number of carbonyl (C=O) groups is 1. The molecule has 0 aromatic heterocycles. The lowest BCUT2D eigenvalue weighted by Gasteiger charge is -2.31. The van der Waals surface area contributed by atoms with Crippen LogP contribution in [0.15, 0.2) is 47.4 Å². The van der Waals surface area contributed by atoms with Gasteiger partial charge in [-0.3, -0.25) is 4.79 Å². The number of rotatable bonds is 4. The highest BCUT2D eigenvalue weighted by Crippen LogP contribution is 2.30. The molecule has 0 atom stereocenters.